The van der Waals surface area contributed by atoms with Crippen molar-refractivity contribution < 1.29 is 9.47 Å². The highest BCUT2D eigenvalue weighted by atomic mass is 32.1. The molecule has 0 aromatic heterocycles. The Morgan fingerprint density at radius 2 is 2.30 bits per heavy atom. The Balaban J connectivity index is 1.83. The maximum absolute atomic E-state index is 5.79. The molecule has 0 aliphatic carbocycles. The van der Waals surface area contributed by atoms with Gasteiger partial charge in [0.15, 0.2) is 0 Å². The zero-order chi connectivity index (χ0) is 14.5. The van der Waals surface area contributed by atoms with Crippen molar-refractivity contribution in [3.63, 3.8) is 0 Å². The second-order valence-electron chi connectivity index (χ2n) is 5.23. The molecule has 2 rings (SSSR count). The van der Waals surface area contributed by atoms with Gasteiger partial charge >= 0.3 is 0 Å². The lowest BCUT2D eigenvalue weighted by Crippen LogP contribution is -2.48. The van der Waals surface area contributed by atoms with Crippen molar-refractivity contribution in [3.8, 4) is 5.75 Å². The number of hydrogen-bond acceptors (Lipinski definition) is 4. The van der Waals surface area contributed by atoms with Gasteiger partial charge in [0, 0.05) is 24.7 Å². The van der Waals surface area contributed by atoms with Gasteiger partial charge in [0.2, 0.25) is 0 Å². The average Bonchev–Trinajstić information content (AvgIpc) is 2.43. The highest BCUT2D eigenvalue weighted by Gasteiger charge is 2.22. The number of rotatable bonds is 5. The summed E-state index contributed by atoms with van der Waals surface area (Å²) < 4.78 is 11.4. The summed E-state index contributed by atoms with van der Waals surface area (Å²) in [6, 6.07) is 8.04. The van der Waals surface area contributed by atoms with Gasteiger partial charge in [-0.05, 0) is 26.0 Å². The quantitative estimate of drug-likeness (QED) is 0.839. The van der Waals surface area contributed by atoms with Gasteiger partial charge in [-0.25, -0.2) is 0 Å². The minimum Gasteiger partial charge on any atom is -0.492 e. The fraction of sp³-hybridized carbons (Fsp3) is 0.533. The van der Waals surface area contributed by atoms with Crippen molar-refractivity contribution in [2.75, 3.05) is 26.3 Å². The van der Waals surface area contributed by atoms with Crippen LogP contribution in [0.3, 0.4) is 0 Å². The molecule has 2 atom stereocenters. The Hall–Kier alpha value is -1.17. The van der Waals surface area contributed by atoms with Gasteiger partial charge in [0.1, 0.15) is 17.3 Å². The predicted molar refractivity (Wildman–Crippen MR) is 84.3 cm³/mol. The lowest BCUT2D eigenvalue weighted by molar-refractivity contribution is -0.0522. The summed E-state index contributed by atoms with van der Waals surface area (Å²) in [7, 11) is 0. The zero-order valence-corrected chi connectivity index (χ0v) is 12.9. The number of hydrogen-bond donors (Lipinski definition) is 1. The van der Waals surface area contributed by atoms with Crippen molar-refractivity contribution in [1.29, 1.82) is 0 Å². The van der Waals surface area contributed by atoms with Crippen LogP contribution in [0.15, 0.2) is 24.3 Å². The second-order valence-corrected chi connectivity index (χ2v) is 5.67. The molecule has 4 nitrogen and oxygen atoms in total. The Bertz CT molecular complexity index is 467. The van der Waals surface area contributed by atoms with E-state index in [1.54, 1.807) is 0 Å². The number of nitrogens with zero attached hydrogens (tertiary/aromatic N) is 1. The molecule has 0 amide bonds. The summed E-state index contributed by atoms with van der Waals surface area (Å²) in [6.07, 6.45) is 0.296. The molecule has 0 bridgehead atoms. The minimum atomic E-state index is 0.296. The second kappa shape index (κ2) is 7.02. The predicted octanol–water partition coefficient (Wildman–Crippen LogP) is 1.81. The zero-order valence-electron chi connectivity index (χ0n) is 12.0. The minimum absolute atomic E-state index is 0.296. The van der Waals surface area contributed by atoms with Gasteiger partial charge < -0.3 is 15.2 Å². The molecular weight excluding hydrogens is 272 g/mol. The highest BCUT2D eigenvalue weighted by molar-refractivity contribution is 7.80. The summed E-state index contributed by atoms with van der Waals surface area (Å²) in [5, 5.41) is 0. The SMILES string of the molecule is CC1CN(CCOc2cccc(C(N)=S)c2)C(C)CO1. The Morgan fingerprint density at radius 1 is 1.50 bits per heavy atom. The first kappa shape index (κ1) is 15.2. The van der Waals surface area contributed by atoms with E-state index in [0.717, 1.165) is 31.0 Å². The van der Waals surface area contributed by atoms with Crippen LogP contribution in [-0.2, 0) is 4.74 Å². The Labute approximate surface area is 125 Å². The van der Waals surface area contributed by atoms with Crippen LogP contribution in [0, 0.1) is 0 Å². The summed E-state index contributed by atoms with van der Waals surface area (Å²) in [4.78, 5) is 2.79. The molecule has 1 heterocycles. The Kier molecular flexibility index (Phi) is 5.34. The molecule has 1 aromatic carbocycles. The van der Waals surface area contributed by atoms with E-state index in [0.29, 0.717) is 23.7 Å². The average molecular weight is 294 g/mol. The van der Waals surface area contributed by atoms with Crippen molar-refractivity contribution in [1.82, 2.24) is 4.90 Å². The van der Waals surface area contributed by atoms with Gasteiger partial charge in [-0.15, -0.1) is 0 Å². The van der Waals surface area contributed by atoms with E-state index in [1.165, 1.54) is 0 Å². The van der Waals surface area contributed by atoms with Crippen molar-refractivity contribution in [2.24, 2.45) is 5.73 Å². The van der Waals surface area contributed by atoms with Gasteiger partial charge in [-0.1, -0.05) is 24.4 Å². The highest BCUT2D eigenvalue weighted by Crippen LogP contribution is 2.14. The monoisotopic (exact) mass is 294 g/mol. The lowest BCUT2D eigenvalue weighted by atomic mass is 10.2. The van der Waals surface area contributed by atoms with Gasteiger partial charge in [-0.2, -0.15) is 0 Å². The third kappa shape index (κ3) is 4.16. The number of ether oxygens (including phenoxy) is 2. The fourth-order valence-corrected chi connectivity index (χ4v) is 2.43. The van der Waals surface area contributed by atoms with Crippen LogP contribution in [0.5, 0.6) is 5.75 Å². The number of morpholine rings is 1. The van der Waals surface area contributed by atoms with E-state index < -0.39 is 0 Å². The van der Waals surface area contributed by atoms with Crippen LogP contribution in [0.25, 0.3) is 0 Å². The summed E-state index contributed by atoms with van der Waals surface area (Å²) in [6.45, 7) is 7.57. The van der Waals surface area contributed by atoms with Crippen molar-refractivity contribution in [2.45, 2.75) is 26.0 Å². The van der Waals surface area contributed by atoms with Gasteiger partial charge in [0.05, 0.1) is 12.7 Å². The number of benzene rings is 1. The molecular formula is C15H22N2O2S. The topological polar surface area (TPSA) is 47.7 Å². The first-order valence-corrected chi connectivity index (χ1v) is 7.35. The summed E-state index contributed by atoms with van der Waals surface area (Å²) >= 11 is 4.97. The number of thiocarbonyl (C=S) groups is 1. The van der Waals surface area contributed by atoms with E-state index in [2.05, 4.69) is 18.7 Å². The van der Waals surface area contributed by atoms with E-state index in [1.807, 2.05) is 24.3 Å². The molecule has 20 heavy (non-hydrogen) atoms. The molecule has 0 spiro atoms. The third-order valence-electron chi connectivity index (χ3n) is 3.50. The van der Waals surface area contributed by atoms with Crippen LogP contribution in [0.2, 0.25) is 0 Å². The molecule has 0 radical (unpaired) electrons. The van der Waals surface area contributed by atoms with Gasteiger partial charge in [-0.3, -0.25) is 4.90 Å². The van der Waals surface area contributed by atoms with Crippen LogP contribution in [0.4, 0.5) is 0 Å². The fourth-order valence-electron chi connectivity index (χ4n) is 2.30. The van der Waals surface area contributed by atoms with Crippen molar-refractivity contribution >= 4 is 17.2 Å². The van der Waals surface area contributed by atoms with Crippen LogP contribution < -0.4 is 10.5 Å². The maximum Gasteiger partial charge on any atom is 0.120 e. The molecule has 2 unspecified atom stereocenters. The normalized spacial score (nSPS) is 23.5. The molecule has 2 N–H and O–H groups in total. The lowest BCUT2D eigenvalue weighted by Gasteiger charge is -2.36. The number of nitrogens with two attached hydrogens (primary N) is 1. The van der Waals surface area contributed by atoms with Crippen LogP contribution in [0.1, 0.15) is 19.4 Å². The van der Waals surface area contributed by atoms with Crippen LogP contribution >= 0.6 is 12.2 Å². The first-order chi connectivity index (χ1) is 9.56. The van der Waals surface area contributed by atoms with E-state index in [-0.39, 0.29) is 0 Å². The van der Waals surface area contributed by atoms with Crippen LogP contribution in [-0.4, -0.2) is 48.3 Å². The third-order valence-corrected chi connectivity index (χ3v) is 3.74. The van der Waals surface area contributed by atoms with E-state index in [9.17, 15) is 0 Å². The molecule has 5 heteroatoms. The smallest absolute Gasteiger partial charge is 0.120 e. The first-order valence-electron chi connectivity index (χ1n) is 6.94. The molecule has 1 aromatic rings. The molecule has 110 valence electrons. The largest absolute Gasteiger partial charge is 0.492 e. The maximum atomic E-state index is 5.79. The molecule has 0 saturated carbocycles. The molecule has 1 aliphatic heterocycles. The van der Waals surface area contributed by atoms with Gasteiger partial charge in [0.25, 0.3) is 0 Å². The standard InChI is InChI=1S/C15H22N2O2S/c1-11-10-19-12(2)9-17(11)6-7-18-14-5-3-4-13(8-14)15(16)20/h3-5,8,11-12H,6-7,9-10H2,1-2H3,(H2,16,20). The van der Waals surface area contributed by atoms with E-state index >= 15 is 0 Å². The molecule has 1 saturated heterocycles. The summed E-state index contributed by atoms with van der Waals surface area (Å²) in [5.41, 5.74) is 6.45. The molecule has 1 aliphatic rings. The Morgan fingerprint density at radius 3 is 3.05 bits per heavy atom. The summed E-state index contributed by atoms with van der Waals surface area (Å²) in [5.74, 6) is 0.810. The van der Waals surface area contributed by atoms with E-state index in [4.69, 9.17) is 27.4 Å². The molecule has 1 fully saturated rings. The van der Waals surface area contributed by atoms with Crippen molar-refractivity contribution in [3.05, 3.63) is 29.8 Å².